The number of rotatable bonds is 5. The summed E-state index contributed by atoms with van der Waals surface area (Å²) < 4.78 is 5.86. The molecular weight excluding hydrogens is 258 g/mol. The molecule has 0 unspecified atom stereocenters. The van der Waals surface area contributed by atoms with Crippen LogP contribution in [0.15, 0.2) is 54.6 Å². The largest absolute Gasteiger partial charge is 0.376 e. The maximum Gasteiger partial charge on any atom is 0.0717 e. The summed E-state index contributed by atoms with van der Waals surface area (Å²) in [6.07, 6.45) is 2.57. The van der Waals surface area contributed by atoms with Crippen LogP contribution < -0.4 is 5.32 Å². The topological polar surface area (TPSA) is 21.3 Å². The molecule has 1 fully saturated rings. The van der Waals surface area contributed by atoms with E-state index >= 15 is 0 Å². The van der Waals surface area contributed by atoms with E-state index in [1.165, 1.54) is 29.5 Å². The van der Waals surface area contributed by atoms with Crippen molar-refractivity contribution in [2.75, 3.05) is 19.7 Å². The zero-order chi connectivity index (χ0) is 14.3. The third-order valence-electron chi connectivity index (χ3n) is 4.08. The molecule has 2 aromatic carbocycles. The lowest BCUT2D eigenvalue weighted by Gasteiger charge is -2.22. The Morgan fingerprint density at radius 1 is 0.952 bits per heavy atom. The van der Waals surface area contributed by atoms with Crippen LogP contribution >= 0.6 is 0 Å². The smallest absolute Gasteiger partial charge is 0.0717 e. The Morgan fingerprint density at radius 2 is 1.71 bits per heavy atom. The molecule has 0 amide bonds. The minimum atomic E-state index is 0.683. The highest BCUT2D eigenvalue weighted by Crippen LogP contribution is 2.19. The molecule has 0 aliphatic carbocycles. The van der Waals surface area contributed by atoms with Crippen LogP contribution in [0.1, 0.15) is 18.4 Å². The number of piperidine rings is 1. The van der Waals surface area contributed by atoms with E-state index in [-0.39, 0.29) is 0 Å². The van der Waals surface area contributed by atoms with Crippen molar-refractivity contribution in [3.63, 3.8) is 0 Å². The fourth-order valence-corrected chi connectivity index (χ4v) is 2.83. The van der Waals surface area contributed by atoms with Gasteiger partial charge in [-0.15, -0.1) is 0 Å². The van der Waals surface area contributed by atoms with Crippen molar-refractivity contribution in [1.29, 1.82) is 0 Å². The highest BCUT2D eigenvalue weighted by Gasteiger charge is 2.12. The van der Waals surface area contributed by atoms with Crippen molar-refractivity contribution >= 4 is 0 Å². The number of hydrogen-bond acceptors (Lipinski definition) is 2. The molecule has 0 bridgehead atoms. The van der Waals surface area contributed by atoms with Crippen molar-refractivity contribution < 1.29 is 4.74 Å². The summed E-state index contributed by atoms with van der Waals surface area (Å²) in [5.74, 6) is 0.683. The van der Waals surface area contributed by atoms with Crippen LogP contribution in [0.25, 0.3) is 11.1 Å². The van der Waals surface area contributed by atoms with Crippen LogP contribution in [0.2, 0.25) is 0 Å². The zero-order valence-corrected chi connectivity index (χ0v) is 12.4. The van der Waals surface area contributed by atoms with Crippen molar-refractivity contribution in [2.45, 2.75) is 19.4 Å². The Labute approximate surface area is 127 Å². The Balaban J connectivity index is 1.50. The Bertz CT molecular complexity index is 529. The Morgan fingerprint density at radius 3 is 2.43 bits per heavy atom. The lowest BCUT2D eigenvalue weighted by molar-refractivity contribution is 0.0783. The summed E-state index contributed by atoms with van der Waals surface area (Å²) in [4.78, 5) is 0. The van der Waals surface area contributed by atoms with Crippen molar-refractivity contribution in [2.24, 2.45) is 5.92 Å². The van der Waals surface area contributed by atoms with Gasteiger partial charge in [0.1, 0.15) is 0 Å². The van der Waals surface area contributed by atoms with Gasteiger partial charge in [0, 0.05) is 6.54 Å². The van der Waals surface area contributed by atoms with Gasteiger partial charge in [0.2, 0.25) is 0 Å². The molecule has 1 aliphatic heterocycles. The number of hydrogen-bond donors (Lipinski definition) is 1. The fraction of sp³-hybridized carbons (Fsp3) is 0.368. The molecule has 2 heteroatoms. The molecule has 1 atom stereocenters. The molecular formula is C19H23NO. The number of ether oxygens (including phenoxy) is 1. The van der Waals surface area contributed by atoms with Gasteiger partial charge in [0.25, 0.3) is 0 Å². The first kappa shape index (κ1) is 14.3. The predicted molar refractivity (Wildman–Crippen MR) is 87.1 cm³/mol. The quantitative estimate of drug-likeness (QED) is 0.898. The molecule has 0 spiro atoms. The monoisotopic (exact) mass is 281 g/mol. The van der Waals surface area contributed by atoms with E-state index in [1.807, 2.05) is 6.07 Å². The third-order valence-corrected chi connectivity index (χ3v) is 4.08. The Kier molecular flexibility index (Phi) is 5.03. The van der Waals surface area contributed by atoms with E-state index in [1.54, 1.807) is 0 Å². The molecule has 1 heterocycles. The number of nitrogens with one attached hydrogen (secondary N) is 1. The number of benzene rings is 2. The van der Waals surface area contributed by atoms with Crippen LogP contribution in [0.4, 0.5) is 0 Å². The van der Waals surface area contributed by atoms with E-state index in [0.29, 0.717) is 12.5 Å². The van der Waals surface area contributed by atoms with Crippen molar-refractivity contribution in [3.05, 3.63) is 60.2 Å². The first-order chi connectivity index (χ1) is 10.4. The minimum absolute atomic E-state index is 0.683. The molecule has 1 aliphatic rings. The molecule has 3 rings (SSSR count). The van der Waals surface area contributed by atoms with E-state index in [4.69, 9.17) is 4.74 Å². The first-order valence-electron chi connectivity index (χ1n) is 7.84. The normalized spacial score (nSPS) is 18.6. The van der Waals surface area contributed by atoms with E-state index in [9.17, 15) is 0 Å². The third kappa shape index (κ3) is 4.16. The molecule has 0 radical (unpaired) electrons. The molecule has 0 aromatic heterocycles. The lowest BCUT2D eigenvalue weighted by Crippen LogP contribution is -2.32. The standard InChI is InChI=1S/C19H23NO/c1-2-6-18(7-3-1)19-10-8-16(9-11-19)14-21-15-17-5-4-12-20-13-17/h1-3,6-11,17,20H,4-5,12-15H2/t17-/m0/s1. The maximum atomic E-state index is 5.86. The van der Waals surface area contributed by atoms with Crippen LogP contribution in [0, 0.1) is 5.92 Å². The van der Waals surface area contributed by atoms with E-state index < -0.39 is 0 Å². The van der Waals surface area contributed by atoms with Gasteiger partial charge in [-0.05, 0) is 42.0 Å². The maximum absolute atomic E-state index is 5.86. The van der Waals surface area contributed by atoms with Crippen LogP contribution in [0.3, 0.4) is 0 Å². The van der Waals surface area contributed by atoms with Gasteiger partial charge in [-0.25, -0.2) is 0 Å². The summed E-state index contributed by atoms with van der Waals surface area (Å²) >= 11 is 0. The van der Waals surface area contributed by atoms with Gasteiger partial charge in [-0.1, -0.05) is 54.6 Å². The van der Waals surface area contributed by atoms with Crippen LogP contribution in [-0.4, -0.2) is 19.7 Å². The van der Waals surface area contributed by atoms with Crippen molar-refractivity contribution in [3.8, 4) is 11.1 Å². The van der Waals surface area contributed by atoms with Gasteiger partial charge in [-0.3, -0.25) is 0 Å². The molecule has 1 N–H and O–H groups in total. The van der Waals surface area contributed by atoms with Gasteiger partial charge in [0.05, 0.1) is 13.2 Å². The Hall–Kier alpha value is -1.64. The summed E-state index contributed by atoms with van der Waals surface area (Å²) in [5.41, 5.74) is 3.77. The second-order valence-electron chi connectivity index (χ2n) is 5.79. The van der Waals surface area contributed by atoms with Gasteiger partial charge in [-0.2, -0.15) is 0 Å². The molecule has 1 saturated heterocycles. The molecule has 2 aromatic rings. The second kappa shape index (κ2) is 7.39. The second-order valence-corrected chi connectivity index (χ2v) is 5.79. The SMILES string of the molecule is c1ccc(-c2ccc(COC[C@H]3CCCNC3)cc2)cc1. The average Bonchev–Trinajstić information content (AvgIpc) is 2.57. The van der Waals surface area contributed by atoms with Gasteiger partial charge >= 0.3 is 0 Å². The van der Waals surface area contributed by atoms with E-state index in [0.717, 1.165) is 19.7 Å². The van der Waals surface area contributed by atoms with E-state index in [2.05, 4.69) is 53.8 Å². The van der Waals surface area contributed by atoms with Crippen LogP contribution in [-0.2, 0) is 11.3 Å². The predicted octanol–water partition coefficient (Wildman–Crippen LogP) is 3.87. The molecule has 21 heavy (non-hydrogen) atoms. The van der Waals surface area contributed by atoms with Gasteiger partial charge in [0.15, 0.2) is 0 Å². The molecule has 110 valence electrons. The summed E-state index contributed by atoms with van der Waals surface area (Å²) in [6, 6.07) is 19.2. The molecule has 0 saturated carbocycles. The van der Waals surface area contributed by atoms with Crippen molar-refractivity contribution in [1.82, 2.24) is 5.32 Å². The summed E-state index contributed by atoms with van der Waals surface area (Å²) in [7, 11) is 0. The zero-order valence-electron chi connectivity index (χ0n) is 12.4. The van der Waals surface area contributed by atoms with Gasteiger partial charge < -0.3 is 10.1 Å². The lowest BCUT2D eigenvalue weighted by atomic mass is 10.0. The fourth-order valence-electron chi connectivity index (χ4n) is 2.83. The molecule has 2 nitrogen and oxygen atoms in total. The first-order valence-corrected chi connectivity index (χ1v) is 7.84. The minimum Gasteiger partial charge on any atom is -0.376 e. The summed E-state index contributed by atoms with van der Waals surface area (Å²) in [6.45, 7) is 3.85. The average molecular weight is 281 g/mol. The summed E-state index contributed by atoms with van der Waals surface area (Å²) in [5, 5.41) is 3.43. The highest BCUT2D eigenvalue weighted by atomic mass is 16.5. The highest BCUT2D eigenvalue weighted by molar-refractivity contribution is 5.63. The van der Waals surface area contributed by atoms with Crippen LogP contribution in [0.5, 0.6) is 0 Å².